The van der Waals surface area contributed by atoms with Crippen molar-refractivity contribution >= 4 is 34.4 Å². The number of benzene rings is 2. The molecule has 2 amide bonds. The summed E-state index contributed by atoms with van der Waals surface area (Å²) < 4.78 is 10.8. The normalized spacial score (nSPS) is 13.7. The molecule has 0 saturated carbocycles. The summed E-state index contributed by atoms with van der Waals surface area (Å²) in [4.78, 5) is 28.6. The molecule has 6 nitrogen and oxygen atoms in total. The van der Waals surface area contributed by atoms with Crippen molar-refractivity contribution in [2.45, 2.75) is 6.54 Å². The van der Waals surface area contributed by atoms with Gasteiger partial charge in [0, 0.05) is 10.4 Å². The Hall–Kier alpha value is -3.58. The standard InChI is InChI=1S/C23H20N2O4S/c1-28-17-10-5-3-8-15(17)14-25-22(26)20(19-12-7-13-30-19)21(23(25)27)24-16-9-4-6-11-18(16)29-2/h3-13,24H,14H2,1-2H3. The minimum Gasteiger partial charge on any atom is -0.496 e. The Balaban J connectivity index is 1.73. The molecular formula is C23H20N2O4S. The molecule has 0 saturated heterocycles. The van der Waals surface area contributed by atoms with Gasteiger partial charge in [0.1, 0.15) is 17.2 Å². The lowest BCUT2D eigenvalue weighted by Crippen LogP contribution is -2.32. The SMILES string of the molecule is COc1ccccc1CN1C(=O)C(Nc2ccccc2OC)=C(c2cccs2)C1=O. The van der Waals surface area contributed by atoms with Crippen molar-refractivity contribution in [1.29, 1.82) is 0 Å². The molecule has 3 aromatic rings. The van der Waals surface area contributed by atoms with E-state index in [4.69, 9.17) is 9.47 Å². The lowest BCUT2D eigenvalue weighted by molar-refractivity contribution is -0.137. The molecule has 2 heterocycles. The van der Waals surface area contributed by atoms with Crippen molar-refractivity contribution in [2.24, 2.45) is 0 Å². The van der Waals surface area contributed by atoms with E-state index < -0.39 is 0 Å². The van der Waals surface area contributed by atoms with Crippen LogP contribution >= 0.6 is 11.3 Å². The van der Waals surface area contributed by atoms with Gasteiger partial charge < -0.3 is 14.8 Å². The molecule has 0 atom stereocenters. The minimum absolute atomic E-state index is 0.119. The van der Waals surface area contributed by atoms with E-state index in [0.29, 0.717) is 22.8 Å². The van der Waals surface area contributed by atoms with Crippen molar-refractivity contribution in [3.05, 3.63) is 82.2 Å². The molecule has 1 N–H and O–H groups in total. The first-order valence-corrected chi connectivity index (χ1v) is 10.2. The smallest absolute Gasteiger partial charge is 0.278 e. The number of para-hydroxylation sites is 3. The van der Waals surface area contributed by atoms with E-state index in [-0.39, 0.29) is 24.1 Å². The monoisotopic (exact) mass is 420 g/mol. The second-order valence-electron chi connectivity index (χ2n) is 6.56. The summed E-state index contributed by atoms with van der Waals surface area (Å²) in [5.41, 5.74) is 1.97. The number of rotatable bonds is 7. The van der Waals surface area contributed by atoms with Gasteiger partial charge in [0.2, 0.25) is 0 Å². The van der Waals surface area contributed by atoms with Crippen LogP contribution in [0.25, 0.3) is 5.57 Å². The van der Waals surface area contributed by atoms with Gasteiger partial charge in [-0.25, -0.2) is 0 Å². The van der Waals surface area contributed by atoms with E-state index in [2.05, 4.69) is 5.32 Å². The minimum atomic E-state index is -0.389. The van der Waals surface area contributed by atoms with Crippen LogP contribution in [0.3, 0.4) is 0 Å². The summed E-state index contributed by atoms with van der Waals surface area (Å²) in [6, 6.07) is 18.3. The number of hydrogen-bond acceptors (Lipinski definition) is 6. The number of ether oxygens (including phenoxy) is 2. The number of amides is 2. The number of methoxy groups -OCH3 is 2. The van der Waals surface area contributed by atoms with Gasteiger partial charge in [-0.2, -0.15) is 0 Å². The lowest BCUT2D eigenvalue weighted by atomic mass is 10.1. The van der Waals surface area contributed by atoms with Crippen LogP contribution in [-0.4, -0.2) is 30.9 Å². The molecule has 1 aliphatic heterocycles. The second-order valence-corrected chi connectivity index (χ2v) is 7.51. The van der Waals surface area contributed by atoms with Crippen molar-refractivity contribution in [1.82, 2.24) is 4.90 Å². The predicted octanol–water partition coefficient (Wildman–Crippen LogP) is 4.16. The highest BCUT2D eigenvalue weighted by Crippen LogP contribution is 2.36. The van der Waals surface area contributed by atoms with Gasteiger partial charge in [-0.3, -0.25) is 14.5 Å². The van der Waals surface area contributed by atoms with Crippen molar-refractivity contribution in [3.8, 4) is 11.5 Å². The Labute approximate surface area is 178 Å². The molecule has 1 aromatic heterocycles. The van der Waals surface area contributed by atoms with Gasteiger partial charge >= 0.3 is 0 Å². The van der Waals surface area contributed by atoms with Gasteiger partial charge in [0.15, 0.2) is 0 Å². The van der Waals surface area contributed by atoms with Crippen LogP contribution in [0.1, 0.15) is 10.4 Å². The van der Waals surface area contributed by atoms with Gasteiger partial charge in [-0.15, -0.1) is 11.3 Å². The molecule has 152 valence electrons. The maximum atomic E-state index is 13.3. The summed E-state index contributed by atoms with van der Waals surface area (Å²) in [7, 11) is 3.13. The molecule has 0 spiro atoms. The maximum absolute atomic E-state index is 13.3. The number of carbonyl (C=O) groups is 2. The average Bonchev–Trinajstić information content (AvgIpc) is 3.37. The van der Waals surface area contributed by atoms with Crippen LogP contribution in [0.4, 0.5) is 5.69 Å². The molecule has 0 bridgehead atoms. The maximum Gasteiger partial charge on any atom is 0.278 e. The Kier molecular flexibility index (Phi) is 5.54. The Bertz CT molecular complexity index is 1120. The summed E-state index contributed by atoms with van der Waals surface area (Å²) in [6.07, 6.45) is 0. The predicted molar refractivity (Wildman–Crippen MR) is 116 cm³/mol. The van der Waals surface area contributed by atoms with Crippen molar-refractivity contribution < 1.29 is 19.1 Å². The molecule has 0 unspecified atom stereocenters. The largest absolute Gasteiger partial charge is 0.496 e. The molecule has 1 aliphatic rings. The quantitative estimate of drug-likeness (QED) is 0.582. The van der Waals surface area contributed by atoms with Crippen LogP contribution in [0, 0.1) is 0 Å². The first-order chi connectivity index (χ1) is 14.6. The Morgan fingerprint density at radius 2 is 1.57 bits per heavy atom. The van der Waals surface area contributed by atoms with Crippen molar-refractivity contribution in [2.75, 3.05) is 19.5 Å². The van der Waals surface area contributed by atoms with Crippen LogP contribution in [0.5, 0.6) is 11.5 Å². The topological polar surface area (TPSA) is 67.9 Å². The summed E-state index contributed by atoms with van der Waals surface area (Å²) in [6.45, 7) is 0.119. The van der Waals surface area contributed by atoms with E-state index in [0.717, 1.165) is 10.4 Å². The van der Waals surface area contributed by atoms with E-state index in [1.165, 1.54) is 16.2 Å². The zero-order chi connectivity index (χ0) is 21.1. The second kappa shape index (κ2) is 8.42. The summed E-state index contributed by atoms with van der Waals surface area (Å²) in [5, 5.41) is 5.02. The van der Waals surface area contributed by atoms with Crippen molar-refractivity contribution in [3.63, 3.8) is 0 Å². The van der Waals surface area contributed by atoms with E-state index in [9.17, 15) is 9.59 Å². The van der Waals surface area contributed by atoms with Gasteiger partial charge in [0.05, 0.1) is 32.0 Å². The van der Waals surface area contributed by atoms with Gasteiger partial charge in [-0.1, -0.05) is 36.4 Å². The number of carbonyl (C=O) groups excluding carboxylic acids is 2. The number of imide groups is 1. The Morgan fingerprint density at radius 1 is 0.867 bits per heavy atom. The third-order valence-corrected chi connectivity index (χ3v) is 5.71. The third-order valence-electron chi connectivity index (χ3n) is 4.82. The molecule has 30 heavy (non-hydrogen) atoms. The lowest BCUT2D eigenvalue weighted by Gasteiger charge is -2.17. The highest BCUT2D eigenvalue weighted by atomic mass is 32.1. The van der Waals surface area contributed by atoms with E-state index in [1.54, 1.807) is 26.4 Å². The number of anilines is 1. The van der Waals surface area contributed by atoms with Crippen LogP contribution in [0.2, 0.25) is 0 Å². The zero-order valence-corrected chi connectivity index (χ0v) is 17.4. The molecule has 0 fully saturated rings. The fourth-order valence-electron chi connectivity index (χ4n) is 3.37. The highest BCUT2D eigenvalue weighted by Gasteiger charge is 2.40. The Morgan fingerprint density at radius 3 is 2.27 bits per heavy atom. The zero-order valence-electron chi connectivity index (χ0n) is 16.5. The van der Waals surface area contributed by atoms with Crippen LogP contribution < -0.4 is 14.8 Å². The van der Waals surface area contributed by atoms with E-state index >= 15 is 0 Å². The average molecular weight is 420 g/mol. The fourth-order valence-corrected chi connectivity index (χ4v) is 4.14. The van der Waals surface area contributed by atoms with Crippen LogP contribution in [0.15, 0.2) is 71.7 Å². The first-order valence-electron chi connectivity index (χ1n) is 9.30. The highest BCUT2D eigenvalue weighted by molar-refractivity contribution is 7.11. The number of hydrogen-bond donors (Lipinski definition) is 1. The van der Waals surface area contributed by atoms with Gasteiger partial charge in [0.25, 0.3) is 11.8 Å². The molecule has 2 aromatic carbocycles. The molecule has 7 heteroatoms. The summed E-state index contributed by atoms with van der Waals surface area (Å²) >= 11 is 1.41. The molecule has 0 aliphatic carbocycles. The number of nitrogens with zero attached hydrogens (tertiary/aromatic N) is 1. The first kappa shape index (κ1) is 19.7. The van der Waals surface area contributed by atoms with E-state index in [1.807, 2.05) is 53.9 Å². The fraction of sp³-hybridized carbons (Fsp3) is 0.130. The molecule has 4 rings (SSSR count). The molecule has 0 radical (unpaired) electrons. The summed E-state index contributed by atoms with van der Waals surface area (Å²) in [5.74, 6) is 0.479. The van der Waals surface area contributed by atoms with Crippen LogP contribution in [-0.2, 0) is 16.1 Å². The number of thiophene rings is 1. The van der Waals surface area contributed by atoms with Gasteiger partial charge in [-0.05, 0) is 29.6 Å². The molecular weight excluding hydrogens is 400 g/mol. The number of nitrogens with one attached hydrogen (secondary N) is 1. The third kappa shape index (κ3) is 3.55.